The van der Waals surface area contributed by atoms with Crippen LogP contribution in [0, 0.1) is 0 Å². The Morgan fingerprint density at radius 3 is 2.70 bits per heavy atom. The predicted molar refractivity (Wildman–Crippen MR) is 33.4 cm³/mol. The minimum absolute atomic E-state index is 0.0586. The second kappa shape index (κ2) is 3.30. The largest absolute Gasteiger partial charge is 0.394 e. The maximum Gasteiger partial charge on any atom is 0.183 e. The summed E-state index contributed by atoms with van der Waals surface area (Å²) in [7, 11) is 1.47. The molecule has 1 rings (SSSR count). The molecule has 1 aliphatic rings. The Balaban J connectivity index is 2.36. The molecule has 1 aliphatic heterocycles. The summed E-state index contributed by atoms with van der Waals surface area (Å²) in [5, 5.41) is 17.7. The van der Waals surface area contributed by atoms with Crippen LogP contribution >= 0.6 is 0 Å². The van der Waals surface area contributed by atoms with Crippen molar-refractivity contribution < 1.29 is 19.7 Å². The van der Waals surface area contributed by atoms with E-state index in [4.69, 9.17) is 19.7 Å². The number of ether oxygens (including phenoxy) is 2. The van der Waals surface area contributed by atoms with Crippen LogP contribution in [-0.2, 0) is 9.47 Å². The molecule has 3 atom stereocenters. The van der Waals surface area contributed by atoms with E-state index in [-0.39, 0.29) is 12.7 Å². The zero-order valence-corrected chi connectivity index (χ0v) is 5.86. The van der Waals surface area contributed by atoms with Crippen LogP contribution in [0.2, 0.25) is 0 Å². The highest BCUT2D eigenvalue weighted by Gasteiger charge is 2.33. The number of methoxy groups -OCH3 is 1. The molecule has 10 heavy (non-hydrogen) atoms. The lowest BCUT2D eigenvalue weighted by atomic mass is 10.2. The molecule has 0 aliphatic carbocycles. The van der Waals surface area contributed by atoms with Gasteiger partial charge in [0.25, 0.3) is 0 Å². The highest BCUT2D eigenvalue weighted by Crippen LogP contribution is 2.19. The molecule has 0 aromatic rings. The molecule has 1 fully saturated rings. The lowest BCUT2D eigenvalue weighted by molar-refractivity contribution is -0.153. The molecule has 0 spiro atoms. The molecule has 0 saturated carbocycles. The lowest BCUT2D eigenvalue weighted by Gasteiger charge is -2.10. The zero-order valence-electron chi connectivity index (χ0n) is 5.86. The number of aliphatic hydroxyl groups excluding tert-OH is 2. The van der Waals surface area contributed by atoms with Gasteiger partial charge in [0.2, 0.25) is 0 Å². The minimum Gasteiger partial charge on any atom is -0.394 e. The molecule has 0 aromatic heterocycles. The van der Waals surface area contributed by atoms with Gasteiger partial charge in [-0.25, -0.2) is 0 Å². The van der Waals surface area contributed by atoms with E-state index in [9.17, 15) is 0 Å². The minimum atomic E-state index is -0.595. The van der Waals surface area contributed by atoms with Crippen LogP contribution in [0.3, 0.4) is 0 Å². The Bertz CT molecular complexity index is 106. The van der Waals surface area contributed by atoms with Crippen LogP contribution in [0.5, 0.6) is 0 Å². The summed E-state index contributed by atoms with van der Waals surface area (Å²) in [5.41, 5.74) is 0. The van der Waals surface area contributed by atoms with Crippen LogP contribution < -0.4 is 0 Å². The Hall–Kier alpha value is -0.160. The highest BCUT2D eigenvalue weighted by atomic mass is 16.7. The van der Waals surface area contributed by atoms with Gasteiger partial charge in [0, 0.05) is 13.5 Å². The Labute approximate surface area is 59.4 Å². The van der Waals surface area contributed by atoms with Crippen LogP contribution in [0.25, 0.3) is 0 Å². The van der Waals surface area contributed by atoms with Gasteiger partial charge in [-0.3, -0.25) is 0 Å². The van der Waals surface area contributed by atoms with Gasteiger partial charge >= 0.3 is 0 Å². The summed E-state index contributed by atoms with van der Waals surface area (Å²) in [6.45, 7) is -0.0586. The third-order valence-electron chi connectivity index (χ3n) is 1.58. The molecule has 2 N–H and O–H groups in total. The van der Waals surface area contributed by atoms with E-state index in [0.717, 1.165) is 0 Å². The Kier molecular flexibility index (Phi) is 2.62. The smallest absolute Gasteiger partial charge is 0.183 e. The van der Waals surface area contributed by atoms with Gasteiger partial charge < -0.3 is 19.7 Å². The molecule has 0 radical (unpaired) electrons. The number of hydrogen-bond donors (Lipinski definition) is 2. The molecule has 0 aromatic carbocycles. The SMILES string of the molecule is CO[C@@H]1O[C@H](CO)C[C@@H]1O. The lowest BCUT2D eigenvalue weighted by Crippen LogP contribution is -2.22. The van der Waals surface area contributed by atoms with Crippen molar-refractivity contribution >= 4 is 0 Å². The topological polar surface area (TPSA) is 58.9 Å². The van der Waals surface area contributed by atoms with Gasteiger partial charge in [0.1, 0.15) is 6.10 Å². The molecule has 0 unspecified atom stereocenters. The van der Waals surface area contributed by atoms with Gasteiger partial charge in [-0.2, -0.15) is 0 Å². The quantitative estimate of drug-likeness (QED) is 0.533. The summed E-state index contributed by atoms with van der Waals surface area (Å²) in [6.07, 6.45) is -0.964. The monoisotopic (exact) mass is 148 g/mol. The van der Waals surface area contributed by atoms with Crippen molar-refractivity contribution in [3.8, 4) is 0 Å². The molecule has 4 nitrogen and oxygen atoms in total. The first kappa shape index (κ1) is 7.94. The summed E-state index contributed by atoms with van der Waals surface area (Å²) in [5.74, 6) is 0. The maximum absolute atomic E-state index is 9.13. The van der Waals surface area contributed by atoms with E-state index in [2.05, 4.69) is 0 Å². The van der Waals surface area contributed by atoms with Crippen LogP contribution in [-0.4, -0.2) is 42.4 Å². The number of hydrogen-bond acceptors (Lipinski definition) is 4. The van der Waals surface area contributed by atoms with Crippen molar-refractivity contribution in [3.63, 3.8) is 0 Å². The number of aliphatic hydroxyl groups is 2. The van der Waals surface area contributed by atoms with Crippen molar-refractivity contribution in [2.45, 2.75) is 24.9 Å². The second-order valence-corrected chi connectivity index (χ2v) is 2.35. The molecule has 60 valence electrons. The zero-order chi connectivity index (χ0) is 7.56. The van der Waals surface area contributed by atoms with Crippen molar-refractivity contribution in [3.05, 3.63) is 0 Å². The van der Waals surface area contributed by atoms with E-state index in [1.807, 2.05) is 0 Å². The molecular formula is C6H12O4. The van der Waals surface area contributed by atoms with Gasteiger partial charge in [-0.15, -0.1) is 0 Å². The third kappa shape index (κ3) is 1.46. The highest BCUT2D eigenvalue weighted by molar-refractivity contribution is 4.75. The van der Waals surface area contributed by atoms with Gasteiger partial charge in [-0.05, 0) is 0 Å². The molecular weight excluding hydrogens is 136 g/mol. The van der Waals surface area contributed by atoms with Crippen LogP contribution in [0.1, 0.15) is 6.42 Å². The van der Waals surface area contributed by atoms with E-state index in [0.29, 0.717) is 6.42 Å². The first-order valence-corrected chi connectivity index (χ1v) is 3.25. The Morgan fingerprint density at radius 1 is 1.70 bits per heavy atom. The molecule has 0 amide bonds. The van der Waals surface area contributed by atoms with Crippen molar-refractivity contribution in [1.29, 1.82) is 0 Å². The van der Waals surface area contributed by atoms with Crippen molar-refractivity contribution in [1.82, 2.24) is 0 Å². The van der Waals surface area contributed by atoms with Crippen molar-refractivity contribution in [2.75, 3.05) is 13.7 Å². The fourth-order valence-electron chi connectivity index (χ4n) is 1.05. The average molecular weight is 148 g/mol. The molecule has 4 heteroatoms. The summed E-state index contributed by atoms with van der Waals surface area (Å²) < 4.78 is 9.82. The van der Waals surface area contributed by atoms with Crippen molar-refractivity contribution in [2.24, 2.45) is 0 Å². The summed E-state index contributed by atoms with van der Waals surface area (Å²) >= 11 is 0. The standard InChI is InChI=1S/C6H12O4/c1-9-6-5(8)2-4(3-7)10-6/h4-8H,2-3H2,1H3/t4-,5-,6+/m0/s1. The first-order valence-electron chi connectivity index (χ1n) is 3.25. The normalized spacial score (nSPS) is 40.5. The average Bonchev–Trinajstić information content (AvgIpc) is 2.30. The van der Waals surface area contributed by atoms with Gasteiger partial charge in [-0.1, -0.05) is 0 Å². The Morgan fingerprint density at radius 2 is 2.40 bits per heavy atom. The molecule has 1 saturated heterocycles. The predicted octanol–water partition coefficient (Wildman–Crippen LogP) is -0.899. The molecule has 1 heterocycles. The summed E-state index contributed by atoms with van der Waals surface area (Å²) in [4.78, 5) is 0. The first-order chi connectivity index (χ1) is 4.77. The number of rotatable bonds is 2. The van der Waals surface area contributed by atoms with E-state index >= 15 is 0 Å². The van der Waals surface area contributed by atoms with Crippen LogP contribution in [0.4, 0.5) is 0 Å². The summed E-state index contributed by atoms with van der Waals surface area (Å²) in [6, 6.07) is 0. The fourth-order valence-corrected chi connectivity index (χ4v) is 1.05. The van der Waals surface area contributed by atoms with Gasteiger partial charge in [0.05, 0.1) is 12.7 Å². The van der Waals surface area contributed by atoms with E-state index in [1.165, 1.54) is 7.11 Å². The van der Waals surface area contributed by atoms with E-state index in [1.54, 1.807) is 0 Å². The third-order valence-corrected chi connectivity index (χ3v) is 1.58. The fraction of sp³-hybridized carbons (Fsp3) is 1.00. The van der Waals surface area contributed by atoms with E-state index < -0.39 is 12.4 Å². The van der Waals surface area contributed by atoms with Gasteiger partial charge in [0.15, 0.2) is 6.29 Å². The van der Waals surface area contributed by atoms with Crippen LogP contribution in [0.15, 0.2) is 0 Å². The maximum atomic E-state index is 9.13. The second-order valence-electron chi connectivity index (χ2n) is 2.35. The molecule has 0 bridgehead atoms.